The van der Waals surface area contributed by atoms with Gasteiger partial charge in [0.25, 0.3) is 0 Å². The number of rotatable bonds is 7. The van der Waals surface area contributed by atoms with Crippen molar-refractivity contribution >= 4 is 29.5 Å². The standard InChI is InChI=1S/C25H34F3N5O6/c1-23(2,3)17(32-22(38)25(26,27)28)20(36)33-10-13-11-4-5-12(8-11)16(13)24(33,21(30)37)14(18(29)34)9-15-19(35)31-6-7-39-15/h4-5,11-17H,6-10H2,1-3H3,(H2,29,34)(H2,30,37)(H,31,35)(H,32,38)/t11?,12?,13?,14-,15+,16?,17-,24?/m1/s1. The first kappa shape index (κ1) is 28.8. The second-order valence-corrected chi connectivity index (χ2v) is 11.9. The number of fused-ring (bicyclic) bond motifs is 5. The lowest BCUT2D eigenvalue weighted by atomic mass is 9.65. The number of ether oxygens (including phenoxy) is 1. The van der Waals surface area contributed by atoms with Crippen LogP contribution < -0.4 is 22.1 Å². The molecular weight excluding hydrogens is 523 g/mol. The Morgan fingerprint density at radius 1 is 1.18 bits per heavy atom. The number of carbonyl (C=O) groups excluding carboxylic acids is 5. The Labute approximate surface area is 223 Å². The average molecular weight is 558 g/mol. The largest absolute Gasteiger partial charge is 0.471 e. The van der Waals surface area contributed by atoms with Crippen LogP contribution in [-0.4, -0.2) is 78.0 Å². The first-order valence-electron chi connectivity index (χ1n) is 12.9. The molecular formula is C25H34F3N5O6. The third-order valence-corrected chi connectivity index (χ3v) is 8.61. The van der Waals surface area contributed by atoms with Crippen molar-refractivity contribution in [3.05, 3.63) is 12.2 Å². The van der Waals surface area contributed by atoms with E-state index >= 15 is 0 Å². The zero-order valence-electron chi connectivity index (χ0n) is 21.9. The summed E-state index contributed by atoms with van der Waals surface area (Å²) < 4.78 is 45.2. The number of allylic oxidation sites excluding steroid dienone is 2. The summed E-state index contributed by atoms with van der Waals surface area (Å²) >= 11 is 0. The SMILES string of the molecule is CC(C)(C)[C@H](NC(=O)C(F)(F)F)C(=O)N1CC2C3C=CC(C3)C2C1(C(N)=O)[C@H](C[C@@H]1OCCNC1=O)C(N)=O. The van der Waals surface area contributed by atoms with Crippen molar-refractivity contribution in [2.45, 2.75) is 57.5 Å². The van der Waals surface area contributed by atoms with E-state index in [9.17, 15) is 37.1 Å². The van der Waals surface area contributed by atoms with Crippen molar-refractivity contribution in [3.8, 4) is 0 Å². The lowest BCUT2D eigenvalue weighted by Crippen LogP contribution is -2.70. The summed E-state index contributed by atoms with van der Waals surface area (Å²) in [5, 5.41) is 4.39. The highest BCUT2D eigenvalue weighted by atomic mass is 19.4. The molecule has 216 valence electrons. The highest BCUT2D eigenvalue weighted by Crippen LogP contribution is 2.60. The van der Waals surface area contributed by atoms with Crippen molar-refractivity contribution < 1.29 is 41.9 Å². The molecule has 2 saturated heterocycles. The van der Waals surface area contributed by atoms with E-state index in [0.29, 0.717) is 6.42 Å². The summed E-state index contributed by atoms with van der Waals surface area (Å²) in [5.41, 5.74) is 8.57. The molecule has 4 rings (SSSR count). The van der Waals surface area contributed by atoms with E-state index in [1.54, 1.807) is 5.32 Å². The van der Waals surface area contributed by atoms with E-state index < -0.39 is 70.6 Å². The van der Waals surface area contributed by atoms with Gasteiger partial charge in [0.15, 0.2) is 0 Å². The lowest BCUT2D eigenvalue weighted by Gasteiger charge is -2.48. The van der Waals surface area contributed by atoms with Crippen LogP contribution >= 0.6 is 0 Å². The molecule has 11 nitrogen and oxygen atoms in total. The van der Waals surface area contributed by atoms with Gasteiger partial charge in [0.05, 0.1) is 12.5 Å². The zero-order valence-corrected chi connectivity index (χ0v) is 21.9. The molecule has 5 amide bonds. The molecule has 4 aliphatic rings. The van der Waals surface area contributed by atoms with E-state index in [1.165, 1.54) is 20.8 Å². The van der Waals surface area contributed by atoms with Crippen LogP contribution in [-0.2, 0) is 28.7 Å². The van der Waals surface area contributed by atoms with Crippen molar-refractivity contribution in [2.24, 2.45) is 46.5 Å². The molecule has 0 radical (unpaired) electrons. The molecule has 2 aliphatic heterocycles. The Morgan fingerprint density at radius 2 is 1.82 bits per heavy atom. The quantitative estimate of drug-likeness (QED) is 0.310. The molecule has 39 heavy (non-hydrogen) atoms. The van der Waals surface area contributed by atoms with E-state index in [1.807, 2.05) is 12.2 Å². The highest BCUT2D eigenvalue weighted by Gasteiger charge is 2.70. The van der Waals surface area contributed by atoms with Gasteiger partial charge >= 0.3 is 12.1 Å². The Hall–Kier alpha value is -3.16. The number of nitrogens with zero attached hydrogens (tertiary/aromatic N) is 1. The van der Waals surface area contributed by atoms with Gasteiger partial charge in [0.2, 0.25) is 23.6 Å². The number of alkyl halides is 3. The van der Waals surface area contributed by atoms with Gasteiger partial charge < -0.3 is 31.7 Å². The lowest BCUT2D eigenvalue weighted by molar-refractivity contribution is -0.177. The van der Waals surface area contributed by atoms with Crippen molar-refractivity contribution in [1.29, 1.82) is 0 Å². The number of nitrogens with two attached hydrogens (primary N) is 2. The molecule has 1 saturated carbocycles. The summed E-state index contributed by atoms with van der Waals surface area (Å²) in [4.78, 5) is 66.3. The molecule has 5 unspecified atom stereocenters. The maximum atomic E-state index is 14.2. The number of nitrogens with one attached hydrogen (secondary N) is 2. The zero-order chi connectivity index (χ0) is 29.1. The summed E-state index contributed by atoms with van der Waals surface area (Å²) in [6.45, 7) is 4.69. The van der Waals surface area contributed by atoms with E-state index in [2.05, 4.69) is 5.32 Å². The molecule has 0 aromatic carbocycles. The van der Waals surface area contributed by atoms with Gasteiger partial charge in [-0.15, -0.1) is 0 Å². The van der Waals surface area contributed by atoms with Crippen LogP contribution in [0.25, 0.3) is 0 Å². The van der Waals surface area contributed by atoms with Crippen LogP contribution in [0.4, 0.5) is 13.2 Å². The van der Waals surface area contributed by atoms with E-state index in [0.717, 1.165) is 4.90 Å². The molecule has 0 spiro atoms. The fraction of sp³-hybridized carbons (Fsp3) is 0.720. The number of amides is 5. The number of hydrogen-bond acceptors (Lipinski definition) is 6. The Kier molecular flexibility index (Phi) is 7.24. The van der Waals surface area contributed by atoms with Crippen molar-refractivity contribution in [2.75, 3.05) is 19.7 Å². The van der Waals surface area contributed by atoms with Crippen LogP contribution in [0.15, 0.2) is 12.2 Å². The predicted molar refractivity (Wildman–Crippen MR) is 129 cm³/mol. The monoisotopic (exact) mass is 557 g/mol. The third-order valence-electron chi connectivity index (χ3n) is 8.61. The Morgan fingerprint density at radius 3 is 2.36 bits per heavy atom. The maximum absolute atomic E-state index is 14.2. The maximum Gasteiger partial charge on any atom is 0.471 e. The Balaban J connectivity index is 1.83. The number of likely N-dealkylation sites (tertiary alicyclic amines) is 1. The summed E-state index contributed by atoms with van der Waals surface area (Å²) in [6.07, 6.45) is -2.32. The van der Waals surface area contributed by atoms with Crippen LogP contribution in [0.3, 0.4) is 0 Å². The summed E-state index contributed by atoms with van der Waals surface area (Å²) in [5.74, 6) is -8.72. The highest BCUT2D eigenvalue weighted by molar-refractivity contribution is 6.00. The van der Waals surface area contributed by atoms with Gasteiger partial charge in [-0.1, -0.05) is 32.9 Å². The minimum absolute atomic E-state index is 0.0582. The van der Waals surface area contributed by atoms with Crippen LogP contribution in [0.5, 0.6) is 0 Å². The van der Waals surface area contributed by atoms with Crippen LogP contribution in [0.1, 0.15) is 33.6 Å². The smallest absolute Gasteiger partial charge is 0.369 e. The predicted octanol–water partition coefficient (Wildman–Crippen LogP) is -0.409. The second-order valence-electron chi connectivity index (χ2n) is 11.9. The molecule has 8 atom stereocenters. The molecule has 2 heterocycles. The van der Waals surface area contributed by atoms with Gasteiger partial charge in [-0.3, -0.25) is 24.0 Å². The average Bonchev–Trinajstić information content (AvgIpc) is 3.51. The normalized spacial score (nSPS) is 33.3. The molecule has 6 N–H and O–H groups in total. The number of morpholine rings is 1. The molecule has 2 bridgehead atoms. The Bertz CT molecular complexity index is 1100. The van der Waals surface area contributed by atoms with Gasteiger partial charge in [-0.05, 0) is 36.0 Å². The van der Waals surface area contributed by atoms with E-state index in [-0.39, 0.29) is 43.9 Å². The van der Waals surface area contributed by atoms with Gasteiger partial charge in [0, 0.05) is 19.0 Å². The molecule has 0 aromatic heterocycles. The summed E-state index contributed by atoms with van der Waals surface area (Å²) in [6, 6.07) is -1.72. The first-order valence-corrected chi connectivity index (χ1v) is 12.9. The molecule has 2 aliphatic carbocycles. The van der Waals surface area contributed by atoms with Crippen LogP contribution in [0, 0.1) is 35.0 Å². The van der Waals surface area contributed by atoms with Crippen molar-refractivity contribution in [1.82, 2.24) is 15.5 Å². The van der Waals surface area contributed by atoms with Crippen molar-refractivity contribution in [3.63, 3.8) is 0 Å². The number of carbonyl (C=O) groups is 5. The fourth-order valence-corrected chi connectivity index (χ4v) is 7.01. The van der Waals surface area contributed by atoms with E-state index in [4.69, 9.17) is 16.2 Å². The minimum atomic E-state index is -5.27. The fourth-order valence-electron chi connectivity index (χ4n) is 7.01. The molecule has 14 heteroatoms. The topological polar surface area (TPSA) is 174 Å². The van der Waals surface area contributed by atoms with Gasteiger partial charge in [-0.2, -0.15) is 13.2 Å². The van der Waals surface area contributed by atoms with Gasteiger partial charge in [0.1, 0.15) is 17.7 Å². The van der Waals surface area contributed by atoms with Gasteiger partial charge in [-0.25, -0.2) is 0 Å². The molecule has 3 fully saturated rings. The minimum Gasteiger partial charge on any atom is -0.369 e. The number of hydrogen-bond donors (Lipinski definition) is 4. The second kappa shape index (κ2) is 9.79. The third kappa shape index (κ3) is 4.76. The molecule has 0 aromatic rings. The van der Waals surface area contributed by atoms with Crippen LogP contribution in [0.2, 0.25) is 0 Å². The first-order chi connectivity index (χ1) is 18.0. The summed E-state index contributed by atoms with van der Waals surface area (Å²) in [7, 11) is 0. The number of halogens is 3. The number of primary amides is 2.